The minimum absolute atomic E-state index is 0.0139. The van der Waals surface area contributed by atoms with Crippen LogP contribution in [-0.2, 0) is 4.79 Å². The maximum absolute atomic E-state index is 12.2. The largest absolute Gasteiger partial charge is 0.492 e. The number of carbonyl (C=O) groups is 1. The third kappa shape index (κ3) is 4.79. The highest BCUT2D eigenvalue weighted by atomic mass is 16.5. The quantitative estimate of drug-likeness (QED) is 0.774. The van der Waals surface area contributed by atoms with Gasteiger partial charge in [-0.15, -0.1) is 0 Å². The number of likely N-dealkylation sites (tertiary alicyclic amines) is 1. The number of rotatable bonds is 7. The first-order valence-corrected chi connectivity index (χ1v) is 8.62. The van der Waals surface area contributed by atoms with E-state index in [1.165, 1.54) is 0 Å². The molecule has 0 spiro atoms. The van der Waals surface area contributed by atoms with Gasteiger partial charge in [-0.1, -0.05) is 17.3 Å². The molecule has 0 bridgehead atoms. The highest BCUT2D eigenvalue weighted by molar-refractivity contribution is 5.78. The van der Waals surface area contributed by atoms with Crippen molar-refractivity contribution in [3.63, 3.8) is 0 Å². The van der Waals surface area contributed by atoms with Gasteiger partial charge in [-0.2, -0.15) is 4.98 Å². The number of nitrogens with one attached hydrogen (secondary N) is 1. The molecule has 1 aliphatic heterocycles. The first kappa shape index (κ1) is 17.4. The van der Waals surface area contributed by atoms with E-state index in [1.54, 1.807) is 6.92 Å². The van der Waals surface area contributed by atoms with Crippen molar-refractivity contribution in [1.82, 2.24) is 20.4 Å². The molecule has 1 fully saturated rings. The number of carbonyl (C=O) groups excluding carboxylic acids is 1. The topological polar surface area (TPSA) is 80.5 Å². The van der Waals surface area contributed by atoms with E-state index < -0.39 is 0 Å². The van der Waals surface area contributed by atoms with Crippen LogP contribution < -0.4 is 10.1 Å². The lowest BCUT2D eigenvalue weighted by atomic mass is 10.2. The molecular weight excluding hydrogens is 320 g/mol. The Bertz CT molecular complexity index is 716. The van der Waals surface area contributed by atoms with Gasteiger partial charge in [0, 0.05) is 6.92 Å². The van der Waals surface area contributed by atoms with Gasteiger partial charge in [0.1, 0.15) is 12.4 Å². The number of aryl methyl sites for hydroxylation is 2. The molecule has 1 N–H and O–H groups in total. The summed E-state index contributed by atoms with van der Waals surface area (Å²) in [5.74, 6) is 2.03. The van der Waals surface area contributed by atoms with Gasteiger partial charge in [-0.05, 0) is 44.0 Å². The Kier molecular flexibility index (Phi) is 5.65. The molecule has 3 rings (SSSR count). The van der Waals surface area contributed by atoms with E-state index in [-0.39, 0.29) is 11.9 Å². The van der Waals surface area contributed by atoms with Crippen molar-refractivity contribution in [3.8, 4) is 5.75 Å². The first-order chi connectivity index (χ1) is 12.1. The molecule has 1 saturated heterocycles. The monoisotopic (exact) mass is 344 g/mol. The van der Waals surface area contributed by atoms with E-state index in [2.05, 4.69) is 20.4 Å². The van der Waals surface area contributed by atoms with Crippen LogP contribution in [0.25, 0.3) is 0 Å². The summed E-state index contributed by atoms with van der Waals surface area (Å²) in [6.07, 6.45) is 1.98. The number of hydrogen-bond acceptors (Lipinski definition) is 6. The van der Waals surface area contributed by atoms with Crippen LogP contribution >= 0.6 is 0 Å². The molecule has 7 nitrogen and oxygen atoms in total. The average molecular weight is 344 g/mol. The van der Waals surface area contributed by atoms with Crippen LogP contribution in [0.1, 0.15) is 36.2 Å². The molecule has 0 radical (unpaired) electrons. The van der Waals surface area contributed by atoms with E-state index in [0.717, 1.165) is 30.7 Å². The average Bonchev–Trinajstić information content (AvgIpc) is 3.20. The number of ether oxygens (including phenoxy) is 1. The third-order valence-corrected chi connectivity index (χ3v) is 4.23. The summed E-state index contributed by atoms with van der Waals surface area (Å²) < 4.78 is 10.7. The van der Waals surface area contributed by atoms with Crippen molar-refractivity contribution >= 4 is 5.91 Å². The van der Waals surface area contributed by atoms with Crippen molar-refractivity contribution in [2.24, 2.45) is 0 Å². The second-order valence-electron chi connectivity index (χ2n) is 6.32. The predicted molar refractivity (Wildman–Crippen MR) is 92.3 cm³/mol. The Morgan fingerprint density at radius 2 is 2.32 bits per heavy atom. The summed E-state index contributed by atoms with van der Waals surface area (Å²) in [7, 11) is 0. The van der Waals surface area contributed by atoms with Crippen molar-refractivity contribution in [1.29, 1.82) is 0 Å². The van der Waals surface area contributed by atoms with Gasteiger partial charge in [0.25, 0.3) is 0 Å². The van der Waals surface area contributed by atoms with E-state index >= 15 is 0 Å². The number of benzene rings is 1. The molecule has 7 heteroatoms. The fourth-order valence-electron chi connectivity index (χ4n) is 3.06. The van der Waals surface area contributed by atoms with E-state index in [9.17, 15) is 4.79 Å². The minimum atomic E-state index is -0.0139. The number of amides is 1. The summed E-state index contributed by atoms with van der Waals surface area (Å²) in [5.41, 5.74) is 1.15. The van der Waals surface area contributed by atoms with Gasteiger partial charge in [0.05, 0.1) is 19.1 Å². The van der Waals surface area contributed by atoms with Crippen LogP contribution in [0.4, 0.5) is 0 Å². The van der Waals surface area contributed by atoms with Gasteiger partial charge in [0.15, 0.2) is 5.82 Å². The molecular formula is C18H24N4O3. The molecule has 2 heterocycles. The predicted octanol–water partition coefficient (Wildman–Crippen LogP) is 2.02. The number of hydrogen-bond donors (Lipinski definition) is 1. The van der Waals surface area contributed by atoms with Gasteiger partial charge in [-0.3, -0.25) is 9.69 Å². The molecule has 0 aliphatic carbocycles. The highest BCUT2D eigenvalue weighted by Crippen LogP contribution is 2.29. The van der Waals surface area contributed by atoms with Crippen molar-refractivity contribution in [3.05, 3.63) is 41.5 Å². The Hall–Kier alpha value is -2.41. The fourth-order valence-corrected chi connectivity index (χ4v) is 3.06. The molecule has 0 saturated carbocycles. The van der Waals surface area contributed by atoms with Gasteiger partial charge < -0.3 is 14.6 Å². The van der Waals surface area contributed by atoms with Crippen LogP contribution in [0.15, 0.2) is 28.8 Å². The maximum atomic E-state index is 12.2. The maximum Gasteiger partial charge on any atom is 0.234 e. The summed E-state index contributed by atoms with van der Waals surface area (Å²) in [6.45, 7) is 5.92. The SMILES string of the molecule is Cc1cccc(OCCNC(=O)CN2CCC[C@H]2c2noc(C)n2)c1. The summed E-state index contributed by atoms with van der Waals surface area (Å²) in [6, 6.07) is 7.93. The molecule has 2 aromatic rings. The zero-order valence-electron chi connectivity index (χ0n) is 14.7. The van der Waals surface area contributed by atoms with Crippen LogP contribution in [0.3, 0.4) is 0 Å². The van der Waals surface area contributed by atoms with E-state index in [0.29, 0.717) is 31.4 Å². The lowest BCUT2D eigenvalue weighted by Gasteiger charge is -2.21. The van der Waals surface area contributed by atoms with Crippen LogP contribution in [0.5, 0.6) is 5.75 Å². The van der Waals surface area contributed by atoms with Gasteiger partial charge >= 0.3 is 0 Å². The molecule has 1 atom stereocenters. The Balaban J connectivity index is 1.41. The zero-order chi connectivity index (χ0) is 17.6. The van der Waals surface area contributed by atoms with Gasteiger partial charge in [-0.25, -0.2) is 0 Å². The van der Waals surface area contributed by atoms with Crippen LogP contribution in [-0.4, -0.2) is 47.2 Å². The van der Waals surface area contributed by atoms with Crippen LogP contribution in [0.2, 0.25) is 0 Å². The summed E-state index contributed by atoms with van der Waals surface area (Å²) in [5, 5.41) is 6.89. The lowest BCUT2D eigenvalue weighted by molar-refractivity contribution is -0.122. The molecule has 1 aromatic heterocycles. The normalized spacial score (nSPS) is 17.6. The Morgan fingerprint density at radius 1 is 1.44 bits per heavy atom. The lowest BCUT2D eigenvalue weighted by Crippen LogP contribution is -2.38. The van der Waals surface area contributed by atoms with Crippen molar-refractivity contribution in [2.45, 2.75) is 32.7 Å². The standard InChI is InChI=1S/C18H24N4O3/c1-13-5-3-6-15(11-13)24-10-8-19-17(23)12-22-9-4-7-16(22)18-20-14(2)25-21-18/h3,5-6,11,16H,4,7-10,12H2,1-2H3,(H,19,23)/t16-/m0/s1. The molecule has 134 valence electrons. The molecule has 25 heavy (non-hydrogen) atoms. The highest BCUT2D eigenvalue weighted by Gasteiger charge is 2.30. The van der Waals surface area contributed by atoms with Crippen LogP contribution in [0, 0.1) is 13.8 Å². The molecule has 1 aromatic carbocycles. The fraction of sp³-hybridized carbons (Fsp3) is 0.500. The Morgan fingerprint density at radius 3 is 3.08 bits per heavy atom. The molecule has 1 amide bonds. The van der Waals surface area contributed by atoms with Crippen molar-refractivity contribution < 1.29 is 14.1 Å². The van der Waals surface area contributed by atoms with Crippen molar-refractivity contribution in [2.75, 3.05) is 26.2 Å². The molecule has 1 aliphatic rings. The summed E-state index contributed by atoms with van der Waals surface area (Å²) >= 11 is 0. The van der Waals surface area contributed by atoms with E-state index in [1.807, 2.05) is 31.2 Å². The first-order valence-electron chi connectivity index (χ1n) is 8.62. The molecule has 0 unspecified atom stereocenters. The summed E-state index contributed by atoms with van der Waals surface area (Å²) in [4.78, 5) is 18.6. The number of aromatic nitrogens is 2. The number of nitrogens with zero attached hydrogens (tertiary/aromatic N) is 3. The Labute approximate surface area is 147 Å². The van der Waals surface area contributed by atoms with E-state index in [4.69, 9.17) is 9.26 Å². The second kappa shape index (κ2) is 8.11. The van der Waals surface area contributed by atoms with Gasteiger partial charge in [0.2, 0.25) is 11.8 Å². The third-order valence-electron chi connectivity index (χ3n) is 4.23. The zero-order valence-corrected chi connectivity index (χ0v) is 14.7. The smallest absolute Gasteiger partial charge is 0.234 e. The second-order valence-corrected chi connectivity index (χ2v) is 6.32. The minimum Gasteiger partial charge on any atom is -0.492 e.